The van der Waals surface area contributed by atoms with Gasteiger partial charge >= 0.3 is 0 Å². The van der Waals surface area contributed by atoms with Crippen molar-refractivity contribution in [3.8, 4) is 0 Å². The number of hydrogen-bond acceptors (Lipinski definition) is 2. The fourth-order valence-corrected chi connectivity index (χ4v) is 2.05. The van der Waals surface area contributed by atoms with E-state index in [0.717, 1.165) is 12.1 Å². The van der Waals surface area contributed by atoms with Crippen LogP contribution in [-0.2, 0) is 0 Å². The molecule has 0 spiro atoms. The number of nitrogens with two attached hydrogens (primary N) is 1. The van der Waals surface area contributed by atoms with E-state index in [0.29, 0.717) is 5.02 Å². The smallest absolute Gasteiger partial charge is 0.131 e. The van der Waals surface area contributed by atoms with Gasteiger partial charge in [-0.05, 0) is 12.1 Å². The second-order valence-electron chi connectivity index (χ2n) is 3.66. The van der Waals surface area contributed by atoms with E-state index in [4.69, 9.17) is 28.9 Å². The van der Waals surface area contributed by atoms with Gasteiger partial charge in [0, 0.05) is 17.8 Å². The highest BCUT2D eigenvalue weighted by Gasteiger charge is 2.18. The van der Waals surface area contributed by atoms with Crippen molar-refractivity contribution in [2.45, 2.75) is 6.04 Å². The average Bonchev–Trinajstić information content (AvgIpc) is 2.28. The van der Waals surface area contributed by atoms with Crippen molar-refractivity contribution in [1.29, 1.82) is 0 Å². The van der Waals surface area contributed by atoms with Gasteiger partial charge in [0.15, 0.2) is 0 Å². The van der Waals surface area contributed by atoms with Gasteiger partial charge in [0.25, 0.3) is 0 Å². The van der Waals surface area contributed by atoms with Crippen molar-refractivity contribution in [2.75, 3.05) is 0 Å². The van der Waals surface area contributed by atoms with Gasteiger partial charge in [0.2, 0.25) is 0 Å². The number of halogens is 4. The molecule has 1 unspecified atom stereocenters. The second kappa shape index (κ2) is 5.18. The number of benzene rings is 1. The van der Waals surface area contributed by atoms with Crippen LogP contribution in [-0.4, -0.2) is 4.98 Å². The fraction of sp³-hybridized carbons (Fsp3) is 0.0833. The molecule has 6 heteroatoms. The molecule has 0 amide bonds. The van der Waals surface area contributed by atoms with Gasteiger partial charge in [-0.25, -0.2) is 8.78 Å². The summed E-state index contributed by atoms with van der Waals surface area (Å²) in [7, 11) is 0. The Morgan fingerprint density at radius 1 is 1.17 bits per heavy atom. The normalized spacial score (nSPS) is 12.5. The Morgan fingerprint density at radius 2 is 1.89 bits per heavy atom. The minimum absolute atomic E-state index is 0.119. The first-order valence-corrected chi connectivity index (χ1v) is 5.76. The fourth-order valence-electron chi connectivity index (χ4n) is 1.56. The van der Waals surface area contributed by atoms with Gasteiger partial charge in [-0.15, -0.1) is 0 Å². The zero-order valence-electron chi connectivity index (χ0n) is 9.00. The van der Waals surface area contributed by atoms with Gasteiger partial charge in [0.1, 0.15) is 11.6 Å². The van der Waals surface area contributed by atoms with Crippen molar-refractivity contribution in [3.63, 3.8) is 0 Å². The zero-order chi connectivity index (χ0) is 13.3. The summed E-state index contributed by atoms with van der Waals surface area (Å²) in [5, 5.41) is 0.592. The van der Waals surface area contributed by atoms with Crippen molar-refractivity contribution in [1.82, 2.24) is 4.98 Å². The summed E-state index contributed by atoms with van der Waals surface area (Å²) in [6.07, 6.45) is 1.37. The number of aromatic nitrogens is 1. The summed E-state index contributed by atoms with van der Waals surface area (Å²) in [4.78, 5) is 3.97. The van der Waals surface area contributed by atoms with Crippen LogP contribution < -0.4 is 5.73 Å². The molecule has 2 N–H and O–H groups in total. The van der Waals surface area contributed by atoms with Crippen LogP contribution in [0, 0.1) is 11.6 Å². The lowest BCUT2D eigenvalue weighted by Crippen LogP contribution is -2.15. The Bertz CT molecular complexity index is 539. The van der Waals surface area contributed by atoms with Crippen LogP contribution in [0.2, 0.25) is 10.0 Å². The first-order valence-electron chi connectivity index (χ1n) is 5.00. The Morgan fingerprint density at radius 3 is 2.50 bits per heavy atom. The average molecular weight is 289 g/mol. The third kappa shape index (κ3) is 2.61. The SMILES string of the molecule is NC(c1ccc(F)cc1F)c1ncc(Cl)cc1Cl. The van der Waals surface area contributed by atoms with Crippen molar-refractivity contribution in [2.24, 2.45) is 5.73 Å². The molecular formula is C12H8Cl2F2N2. The minimum Gasteiger partial charge on any atom is -0.319 e. The summed E-state index contributed by atoms with van der Waals surface area (Å²) in [5.41, 5.74) is 6.27. The molecular weight excluding hydrogens is 281 g/mol. The molecule has 94 valence electrons. The molecule has 0 saturated carbocycles. The van der Waals surface area contributed by atoms with Gasteiger partial charge in [-0.1, -0.05) is 29.3 Å². The van der Waals surface area contributed by atoms with Crippen molar-refractivity contribution < 1.29 is 8.78 Å². The van der Waals surface area contributed by atoms with E-state index in [1.165, 1.54) is 18.3 Å². The molecule has 0 bridgehead atoms. The summed E-state index contributed by atoms with van der Waals surface area (Å²) in [5.74, 6) is -1.41. The maximum Gasteiger partial charge on any atom is 0.131 e. The van der Waals surface area contributed by atoms with Crippen LogP contribution in [0.1, 0.15) is 17.3 Å². The molecule has 0 fully saturated rings. The van der Waals surface area contributed by atoms with Crippen LogP contribution in [0.5, 0.6) is 0 Å². The third-order valence-electron chi connectivity index (χ3n) is 2.43. The molecule has 1 aromatic carbocycles. The lowest BCUT2D eigenvalue weighted by atomic mass is 10.0. The highest BCUT2D eigenvalue weighted by Crippen LogP contribution is 2.28. The number of rotatable bonds is 2. The summed E-state index contributed by atoms with van der Waals surface area (Å²) in [6, 6.07) is 3.74. The Kier molecular flexibility index (Phi) is 3.80. The van der Waals surface area contributed by atoms with Gasteiger partial charge in [-0.3, -0.25) is 4.98 Å². The van der Waals surface area contributed by atoms with Gasteiger partial charge in [0.05, 0.1) is 21.8 Å². The van der Waals surface area contributed by atoms with E-state index >= 15 is 0 Å². The maximum atomic E-state index is 13.6. The van der Waals surface area contributed by atoms with E-state index in [-0.39, 0.29) is 16.3 Å². The molecule has 2 rings (SSSR count). The topological polar surface area (TPSA) is 38.9 Å². The van der Waals surface area contributed by atoms with E-state index < -0.39 is 17.7 Å². The molecule has 1 atom stereocenters. The van der Waals surface area contributed by atoms with Crippen LogP contribution >= 0.6 is 23.2 Å². The lowest BCUT2D eigenvalue weighted by molar-refractivity contribution is 0.564. The first-order chi connectivity index (χ1) is 8.49. The second-order valence-corrected chi connectivity index (χ2v) is 4.51. The van der Waals surface area contributed by atoms with E-state index in [9.17, 15) is 8.78 Å². The number of hydrogen-bond donors (Lipinski definition) is 1. The largest absolute Gasteiger partial charge is 0.319 e. The third-order valence-corrected chi connectivity index (χ3v) is 2.94. The Balaban J connectivity index is 2.44. The summed E-state index contributed by atoms with van der Waals surface area (Å²) < 4.78 is 26.4. The van der Waals surface area contributed by atoms with E-state index in [2.05, 4.69) is 4.98 Å². The summed E-state index contributed by atoms with van der Waals surface area (Å²) >= 11 is 11.6. The van der Waals surface area contributed by atoms with Crippen LogP contribution in [0.3, 0.4) is 0 Å². The monoisotopic (exact) mass is 288 g/mol. The number of nitrogens with zero attached hydrogens (tertiary/aromatic N) is 1. The van der Waals surface area contributed by atoms with Crippen LogP contribution in [0.25, 0.3) is 0 Å². The zero-order valence-corrected chi connectivity index (χ0v) is 10.5. The quantitative estimate of drug-likeness (QED) is 0.915. The molecule has 0 radical (unpaired) electrons. The molecule has 2 nitrogen and oxygen atoms in total. The van der Waals surface area contributed by atoms with Gasteiger partial charge < -0.3 is 5.73 Å². The maximum absolute atomic E-state index is 13.6. The van der Waals surface area contributed by atoms with Crippen LogP contribution in [0.15, 0.2) is 30.5 Å². The van der Waals surface area contributed by atoms with Crippen molar-refractivity contribution >= 4 is 23.2 Å². The molecule has 0 saturated heterocycles. The predicted octanol–water partition coefficient (Wildman–Crippen LogP) is 3.71. The molecule has 0 aliphatic carbocycles. The molecule has 18 heavy (non-hydrogen) atoms. The standard InChI is InChI=1S/C12H8Cl2F2N2/c13-6-3-9(14)12(18-5-6)11(17)8-2-1-7(15)4-10(8)16/h1-5,11H,17H2. The highest BCUT2D eigenvalue weighted by atomic mass is 35.5. The first kappa shape index (κ1) is 13.2. The Labute approximate surface area is 112 Å². The molecule has 1 aromatic heterocycles. The highest BCUT2D eigenvalue weighted by molar-refractivity contribution is 6.34. The predicted molar refractivity (Wildman–Crippen MR) is 66.6 cm³/mol. The minimum atomic E-state index is -0.879. The molecule has 1 heterocycles. The molecule has 0 aliphatic heterocycles. The van der Waals surface area contributed by atoms with E-state index in [1.54, 1.807) is 0 Å². The number of pyridine rings is 1. The summed E-state index contributed by atoms with van der Waals surface area (Å²) in [6.45, 7) is 0. The van der Waals surface area contributed by atoms with Crippen molar-refractivity contribution in [3.05, 3.63) is 63.4 Å². The molecule has 2 aromatic rings. The van der Waals surface area contributed by atoms with E-state index in [1.807, 2.05) is 0 Å². The molecule has 0 aliphatic rings. The van der Waals surface area contributed by atoms with Crippen LogP contribution in [0.4, 0.5) is 8.78 Å². The van der Waals surface area contributed by atoms with Gasteiger partial charge in [-0.2, -0.15) is 0 Å². The Hall–Kier alpha value is -1.23. The lowest BCUT2D eigenvalue weighted by Gasteiger charge is -2.14.